The van der Waals surface area contributed by atoms with Crippen LogP contribution in [0.4, 0.5) is 11.4 Å². The molecule has 1 fully saturated rings. The van der Waals surface area contributed by atoms with Gasteiger partial charge < -0.3 is 10.2 Å². The number of anilines is 2. The van der Waals surface area contributed by atoms with Crippen LogP contribution in [0.2, 0.25) is 15.1 Å². The molecule has 1 N–H and O–H groups in total. The summed E-state index contributed by atoms with van der Waals surface area (Å²) in [4.78, 5) is 41.2. The first kappa shape index (κ1) is 23.9. The summed E-state index contributed by atoms with van der Waals surface area (Å²) >= 11 is 24.3. The normalized spacial score (nSPS) is 18.9. The molecule has 0 radical (unpaired) electrons. The Balaban J connectivity index is 1.52. The Morgan fingerprint density at radius 1 is 0.970 bits per heavy atom. The molecule has 33 heavy (non-hydrogen) atoms. The zero-order valence-electron chi connectivity index (χ0n) is 17.5. The average Bonchev–Trinajstić information content (AvgIpc) is 2.99. The molecule has 1 unspecified atom stereocenters. The number of halogens is 4. The molecule has 0 spiro atoms. The molecule has 1 atom stereocenters. The number of amides is 3. The first-order chi connectivity index (χ1) is 15.7. The van der Waals surface area contributed by atoms with Gasteiger partial charge in [0.1, 0.15) is 10.7 Å². The van der Waals surface area contributed by atoms with Crippen LogP contribution in [0.25, 0.3) is 0 Å². The number of nitrogens with zero attached hydrogens (tertiary/aromatic N) is 2. The number of piperidine rings is 1. The minimum absolute atomic E-state index is 0.0297. The summed E-state index contributed by atoms with van der Waals surface area (Å²) in [6.45, 7) is 3.62. The van der Waals surface area contributed by atoms with E-state index < -0.39 is 11.8 Å². The number of hydrogen-bond acceptors (Lipinski definition) is 4. The molecule has 2 aromatic rings. The summed E-state index contributed by atoms with van der Waals surface area (Å²) in [5, 5.41) is 2.99. The number of nitrogens with one attached hydrogen (secondary N) is 1. The summed E-state index contributed by atoms with van der Waals surface area (Å²) in [7, 11) is 0. The topological polar surface area (TPSA) is 69.7 Å². The number of carbonyl (C=O) groups is 3. The zero-order chi connectivity index (χ0) is 23.9. The van der Waals surface area contributed by atoms with E-state index in [0.29, 0.717) is 17.2 Å². The molecule has 0 aromatic heterocycles. The van der Waals surface area contributed by atoms with E-state index in [9.17, 15) is 14.4 Å². The Labute approximate surface area is 211 Å². The van der Waals surface area contributed by atoms with Crippen molar-refractivity contribution in [3.05, 3.63) is 67.8 Å². The molecule has 2 aromatic carbocycles. The Kier molecular flexibility index (Phi) is 6.91. The van der Waals surface area contributed by atoms with Gasteiger partial charge in [-0.1, -0.05) is 53.3 Å². The van der Waals surface area contributed by atoms with Crippen LogP contribution < -0.4 is 10.2 Å². The van der Waals surface area contributed by atoms with E-state index >= 15 is 0 Å². The van der Waals surface area contributed by atoms with Gasteiger partial charge in [0, 0.05) is 24.3 Å². The first-order valence-electron chi connectivity index (χ1n) is 10.3. The molecule has 2 heterocycles. The number of likely N-dealkylation sites (tertiary alicyclic amines) is 1. The molecule has 6 nitrogen and oxygen atoms in total. The van der Waals surface area contributed by atoms with E-state index in [1.807, 2.05) is 4.90 Å². The SMILES string of the molecule is CC1CCCN(C(=O)c2ccc(NC3=C(Cl)C(=O)N(c4cc(Cl)c(Cl)cc4Cl)C3=O)cc2)C1. The Hall–Kier alpha value is -2.25. The molecule has 2 aliphatic heterocycles. The molecule has 0 bridgehead atoms. The van der Waals surface area contributed by atoms with Crippen molar-refractivity contribution in [2.75, 3.05) is 23.3 Å². The fourth-order valence-electron chi connectivity index (χ4n) is 3.91. The fourth-order valence-corrected chi connectivity index (χ4v) is 4.75. The first-order valence-corrected chi connectivity index (χ1v) is 11.8. The highest BCUT2D eigenvalue weighted by Gasteiger charge is 2.40. The lowest BCUT2D eigenvalue weighted by molar-refractivity contribution is -0.120. The Morgan fingerprint density at radius 2 is 1.64 bits per heavy atom. The summed E-state index contributed by atoms with van der Waals surface area (Å²) in [6.07, 6.45) is 2.12. The van der Waals surface area contributed by atoms with Crippen LogP contribution in [0, 0.1) is 5.92 Å². The molecular formula is C23H19Cl4N3O3. The van der Waals surface area contributed by atoms with Crippen LogP contribution in [0.1, 0.15) is 30.1 Å². The van der Waals surface area contributed by atoms with Crippen molar-refractivity contribution in [1.29, 1.82) is 0 Å². The number of rotatable bonds is 4. The highest BCUT2D eigenvalue weighted by Crippen LogP contribution is 2.38. The molecular weight excluding hydrogens is 508 g/mol. The van der Waals surface area contributed by atoms with Crippen molar-refractivity contribution in [1.82, 2.24) is 4.90 Å². The van der Waals surface area contributed by atoms with Crippen LogP contribution in [0.3, 0.4) is 0 Å². The Morgan fingerprint density at radius 3 is 2.30 bits per heavy atom. The van der Waals surface area contributed by atoms with Gasteiger partial charge in [0.25, 0.3) is 17.7 Å². The highest BCUT2D eigenvalue weighted by molar-refractivity contribution is 6.54. The number of benzene rings is 2. The van der Waals surface area contributed by atoms with Gasteiger partial charge in [0.05, 0.1) is 20.8 Å². The third kappa shape index (κ3) is 4.71. The van der Waals surface area contributed by atoms with E-state index in [2.05, 4.69) is 12.2 Å². The van der Waals surface area contributed by atoms with Crippen LogP contribution in [-0.4, -0.2) is 35.7 Å². The van der Waals surface area contributed by atoms with Gasteiger partial charge in [0.15, 0.2) is 0 Å². The van der Waals surface area contributed by atoms with Crippen LogP contribution in [-0.2, 0) is 9.59 Å². The number of imide groups is 1. The minimum atomic E-state index is -0.740. The van der Waals surface area contributed by atoms with Gasteiger partial charge >= 0.3 is 0 Å². The van der Waals surface area contributed by atoms with E-state index in [1.165, 1.54) is 12.1 Å². The Bertz CT molecular complexity index is 1180. The summed E-state index contributed by atoms with van der Waals surface area (Å²) in [5.41, 5.74) is 1.02. The van der Waals surface area contributed by atoms with Crippen LogP contribution in [0.15, 0.2) is 47.1 Å². The molecule has 0 saturated carbocycles. The third-order valence-corrected chi connectivity index (χ3v) is 6.98. The fraction of sp³-hybridized carbons (Fsp3) is 0.261. The van der Waals surface area contributed by atoms with E-state index in [-0.39, 0.29) is 37.4 Å². The van der Waals surface area contributed by atoms with Gasteiger partial charge in [0.2, 0.25) is 0 Å². The van der Waals surface area contributed by atoms with Crippen molar-refractivity contribution >= 4 is 75.5 Å². The smallest absolute Gasteiger partial charge is 0.283 e. The maximum atomic E-state index is 13.0. The monoisotopic (exact) mass is 525 g/mol. The van der Waals surface area contributed by atoms with Gasteiger partial charge in [-0.25, -0.2) is 4.90 Å². The highest BCUT2D eigenvalue weighted by atomic mass is 35.5. The van der Waals surface area contributed by atoms with E-state index in [0.717, 1.165) is 30.8 Å². The van der Waals surface area contributed by atoms with E-state index in [4.69, 9.17) is 46.4 Å². The zero-order valence-corrected chi connectivity index (χ0v) is 20.5. The third-order valence-electron chi connectivity index (χ3n) is 5.60. The van der Waals surface area contributed by atoms with Crippen LogP contribution >= 0.6 is 46.4 Å². The molecule has 1 saturated heterocycles. The lowest BCUT2D eigenvalue weighted by atomic mass is 9.99. The molecule has 0 aliphatic carbocycles. The second kappa shape index (κ2) is 9.55. The van der Waals surface area contributed by atoms with E-state index in [1.54, 1.807) is 24.3 Å². The predicted molar refractivity (Wildman–Crippen MR) is 131 cm³/mol. The van der Waals surface area contributed by atoms with Crippen molar-refractivity contribution in [3.63, 3.8) is 0 Å². The molecule has 2 aliphatic rings. The van der Waals surface area contributed by atoms with Gasteiger partial charge in [-0.2, -0.15) is 0 Å². The van der Waals surface area contributed by atoms with Crippen molar-refractivity contribution < 1.29 is 14.4 Å². The lowest BCUT2D eigenvalue weighted by Crippen LogP contribution is -2.39. The molecule has 4 rings (SSSR count). The number of carbonyl (C=O) groups excluding carboxylic acids is 3. The number of hydrogen-bond donors (Lipinski definition) is 1. The molecule has 3 amide bonds. The van der Waals surface area contributed by atoms with Gasteiger partial charge in [-0.3, -0.25) is 14.4 Å². The molecule has 172 valence electrons. The second-order valence-electron chi connectivity index (χ2n) is 8.05. The van der Waals surface area contributed by atoms with Crippen molar-refractivity contribution in [3.8, 4) is 0 Å². The summed E-state index contributed by atoms with van der Waals surface area (Å²) in [6, 6.07) is 9.34. The molecule has 10 heteroatoms. The predicted octanol–water partition coefficient (Wildman–Crippen LogP) is 5.95. The quantitative estimate of drug-likeness (QED) is 0.394. The summed E-state index contributed by atoms with van der Waals surface area (Å²) in [5.74, 6) is -0.975. The maximum absolute atomic E-state index is 13.0. The minimum Gasteiger partial charge on any atom is -0.350 e. The van der Waals surface area contributed by atoms with Gasteiger partial charge in [-0.05, 0) is 55.2 Å². The standard InChI is InChI=1S/C23H19Cl4N3O3/c1-12-3-2-8-29(11-12)21(31)13-4-6-14(7-5-13)28-20-19(27)22(32)30(23(20)33)18-10-16(25)15(24)9-17(18)26/h4-7,9-10,12,28H,2-3,8,11H2,1H3. The summed E-state index contributed by atoms with van der Waals surface area (Å²) < 4.78 is 0. The largest absolute Gasteiger partial charge is 0.350 e. The van der Waals surface area contributed by atoms with Crippen LogP contribution in [0.5, 0.6) is 0 Å². The lowest BCUT2D eigenvalue weighted by Gasteiger charge is -2.31. The van der Waals surface area contributed by atoms with Crippen molar-refractivity contribution in [2.45, 2.75) is 19.8 Å². The van der Waals surface area contributed by atoms with Gasteiger partial charge in [-0.15, -0.1) is 0 Å². The average molecular weight is 527 g/mol. The maximum Gasteiger partial charge on any atom is 0.283 e. The van der Waals surface area contributed by atoms with Crippen molar-refractivity contribution in [2.24, 2.45) is 5.92 Å². The second-order valence-corrected chi connectivity index (χ2v) is 9.65.